The third-order valence-corrected chi connectivity index (χ3v) is 8.73. The number of carboxylic acids is 1. The molecule has 0 saturated heterocycles. The number of nitrogens with two attached hydrogens (primary N) is 1. The van der Waals surface area contributed by atoms with Crippen LogP contribution in [0, 0.1) is 0 Å². The van der Waals surface area contributed by atoms with E-state index in [-0.39, 0.29) is 13.0 Å². The van der Waals surface area contributed by atoms with E-state index in [1.54, 1.807) is 0 Å². The highest BCUT2D eigenvalue weighted by molar-refractivity contribution is 7.47. The number of aliphatic carboxylic acids is 1. The first-order chi connectivity index (χ1) is 22.2. The summed E-state index contributed by atoms with van der Waals surface area (Å²) in [6.07, 6.45) is 29.8. The predicted molar refractivity (Wildman–Crippen MR) is 185 cm³/mol. The summed E-state index contributed by atoms with van der Waals surface area (Å²) in [6.45, 7) is 3.80. The number of unbranched alkanes of at least 4 members (excludes halogenated alkanes) is 19. The Balaban J connectivity index is 4.32. The van der Waals surface area contributed by atoms with Crippen LogP contribution in [0.4, 0.5) is 0 Å². The molecule has 0 amide bonds. The Morgan fingerprint density at radius 1 is 0.674 bits per heavy atom. The largest absolute Gasteiger partial charge is 0.480 e. The summed E-state index contributed by atoms with van der Waals surface area (Å²) >= 11 is 0. The maximum absolute atomic E-state index is 12.5. The first kappa shape index (κ1) is 44.7. The molecule has 46 heavy (non-hydrogen) atoms. The molecule has 0 fully saturated rings. The van der Waals surface area contributed by atoms with Crippen molar-refractivity contribution in [1.82, 2.24) is 0 Å². The molecule has 4 N–H and O–H groups in total. The number of rotatable bonds is 35. The minimum Gasteiger partial charge on any atom is -0.480 e. The van der Waals surface area contributed by atoms with Gasteiger partial charge in [-0.15, -0.1) is 0 Å². The van der Waals surface area contributed by atoms with Gasteiger partial charge in [0.25, 0.3) is 0 Å². The minimum atomic E-state index is -4.60. The molecule has 0 rings (SSSR count). The molecule has 11 heteroatoms. The number of phosphoric acid groups is 1. The van der Waals surface area contributed by atoms with Crippen LogP contribution in [-0.4, -0.2) is 60.5 Å². The highest BCUT2D eigenvalue weighted by Gasteiger charge is 2.27. The normalized spacial score (nSPS) is 14.3. The Kier molecular flexibility index (Phi) is 31.4. The third kappa shape index (κ3) is 31.3. The van der Waals surface area contributed by atoms with Crippen LogP contribution < -0.4 is 5.73 Å². The number of carbonyl (C=O) groups is 2. The van der Waals surface area contributed by atoms with Gasteiger partial charge in [-0.25, -0.2) is 4.57 Å². The molecule has 3 atom stereocenters. The molecule has 0 radical (unpaired) electrons. The molecule has 0 saturated carbocycles. The molecule has 0 aliphatic rings. The van der Waals surface area contributed by atoms with E-state index in [9.17, 15) is 19.0 Å². The second kappa shape index (κ2) is 32.3. The van der Waals surface area contributed by atoms with E-state index in [0.717, 1.165) is 44.9 Å². The SMILES string of the molecule is CCC/C=C\CCCCCCCCOCC(COP(=O)(O)OCC(N)C(=O)O)OC(=O)CCCCCCCCCCCCCCC. The molecule has 10 nitrogen and oxygen atoms in total. The Bertz CT molecular complexity index is 796. The van der Waals surface area contributed by atoms with Gasteiger partial charge >= 0.3 is 19.8 Å². The van der Waals surface area contributed by atoms with Gasteiger partial charge in [0, 0.05) is 13.0 Å². The lowest BCUT2D eigenvalue weighted by molar-refractivity contribution is -0.154. The molecule has 0 aliphatic heterocycles. The second-order valence-electron chi connectivity index (χ2n) is 12.4. The average molecular weight is 678 g/mol. The molecular formula is C35H68NO9P. The molecule has 0 spiro atoms. The van der Waals surface area contributed by atoms with Gasteiger partial charge in [-0.1, -0.05) is 135 Å². The zero-order valence-electron chi connectivity index (χ0n) is 29.2. The second-order valence-corrected chi connectivity index (χ2v) is 13.8. The zero-order chi connectivity index (χ0) is 34.1. The molecule has 0 heterocycles. The lowest BCUT2D eigenvalue weighted by Gasteiger charge is -2.20. The van der Waals surface area contributed by atoms with Crippen molar-refractivity contribution < 1.29 is 42.7 Å². The van der Waals surface area contributed by atoms with Gasteiger partial charge in [0.15, 0.2) is 0 Å². The van der Waals surface area contributed by atoms with Crippen molar-refractivity contribution in [1.29, 1.82) is 0 Å². The summed E-state index contributed by atoms with van der Waals surface area (Å²) in [7, 11) is -4.60. The molecule has 0 aromatic rings. The summed E-state index contributed by atoms with van der Waals surface area (Å²) < 4.78 is 33.1. The maximum atomic E-state index is 12.5. The van der Waals surface area contributed by atoms with Crippen molar-refractivity contribution in [2.45, 2.75) is 174 Å². The first-order valence-electron chi connectivity index (χ1n) is 18.2. The van der Waals surface area contributed by atoms with Gasteiger partial charge in [-0.05, 0) is 32.1 Å². The Morgan fingerprint density at radius 2 is 1.17 bits per heavy atom. The quantitative estimate of drug-likeness (QED) is 0.0256. The summed E-state index contributed by atoms with van der Waals surface area (Å²) in [5, 5.41) is 8.84. The lowest BCUT2D eigenvalue weighted by atomic mass is 10.0. The minimum absolute atomic E-state index is 0.0169. The van der Waals surface area contributed by atoms with E-state index in [0.29, 0.717) is 13.0 Å². The highest BCUT2D eigenvalue weighted by Crippen LogP contribution is 2.43. The van der Waals surface area contributed by atoms with E-state index in [1.807, 2.05) is 0 Å². The molecule has 3 unspecified atom stereocenters. The number of allylic oxidation sites excluding steroid dienone is 2. The van der Waals surface area contributed by atoms with E-state index >= 15 is 0 Å². The summed E-state index contributed by atoms with van der Waals surface area (Å²) in [4.78, 5) is 33.3. The van der Waals surface area contributed by atoms with Gasteiger partial charge in [0.2, 0.25) is 0 Å². The van der Waals surface area contributed by atoms with Crippen LogP contribution >= 0.6 is 7.82 Å². The van der Waals surface area contributed by atoms with Gasteiger partial charge in [-0.2, -0.15) is 0 Å². The smallest absolute Gasteiger partial charge is 0.472 e. The Morgan fingerprint density at radius 3 is 1.74 bits per heavy atom. The molecule has 0 aromatic heterocycles. The standard InChI is InChI=1S/C35H68NO9P/c1-3-5-7-9-11-13-15-16-17-19-21-23-25-27-34(37)45-32(30-43-46(40,41)44-31-33(36)35(38)39)29-42-28-26-24-22-20-18-14-12-10-8-6-4-2/h8,10,32-33H,3-7,9,11-31,36H2,1-2H3,(H,38,39)(H,40,41)/b10-8-. The van der Waals surface area contributed by atoms with Gasteiger partial charge in [0.05, 0.1) is 19.8 Å². The van der Waals surface area contributed by atoms with Crippen molar-refractivity contribution in [3.05, 3.63) is 12.2 Å². The third-order valence-electron chi connectivity index (χ3n) is 7.78. The summed E-state index contributed by atoms with van der Waals surface area (Å²) in [5.74, 6) is -1.78. The number of carboxylic acid groups (broad SMARTS) is 1. The topological polar surface area (TPSA) is 155 Å². The molecule has 0 bridgehead atoms. The Labute approximate surface area is 280 Å². The highest BCUT2D eigenvalue weighted by atomic mass is 31.2. The van der Waals surface area contributed by atoms with Crippen LogP contribution in [0.5, 0.6) is 0 Å². The summed E-state index contributed by atoms with van der Waals surface area (Å²) in [5.41, 5.74) is 5.33. The molecule has 272 valence electrons. The summed E-state index contributed by atoms with van der Waals surface area (Å²) in [6, 6.07) is -1.47. The van der Waals surface area contributed by atoms with Crippen LogP contribution in [0.2, 0.25) is 0 Å². The number of phosphoric ester groups is 1. The number of ether oxygens (including phenoxy) is 2. The maximum Gasteiger partial charge on any atom is 0.472 e. The van der Waals surface area contributed by atoms with E-state index < -0.39 is 45.1 Å². The van der Waals surface area contributed by atoms with Crippen molar-refractivity contribution in [2.75, 3.05) is 26.4 Å². The zero-order valence-corrected chi connectivity index (χ0v) is 30.1. The number of esters is 1. The predicted octanol–water partition coefficient (Wildman–Crippen LogP) is 9.03. The van der Waals surface area contributed by atoms with Crippen LogP contribution in [0.3, 0.4) is 0 Å². The van der Waals surface area contributed by atoms with Crippen LogP contribution in [0.1, 0.15) is 162 Å². The van der Waals surface area contributed by atoms with Crippen molar-refractivity contribution in [3.63, 3.8) is 0 Å². The van der Waals surface area contributed by atoms with Crippen molar-refractivity contribution in [2.24, 2.45) is 5.73 Å². The van der Waals surface area contributed by atoms with Gasteiger partial charge in [-0.3, -0.25) is 18.6 Å². The monoisotopic (exact) mass is 677 g/mol. The number of hydrogen-bond donors (Lipinski definition) is 3. The van der Waals surface area contributed by atoms with Crippen LogP contribution in [0.15, 0.2) is 12.2 Å². The van der Waals surface area contributed by atoms with Crippen molar-refractivity contribution >= 4 is 19.8 Å². The number of hydrogen-bond acceptors (Lipinski definition) is 8. The number of carbonyl (C=O) groups excluding carboxylic acids is 1. The Hall–Kier alpha value is -1.29. The van der Waals surface area contributed by atoms with E-state index in [1.165, 1.54) is 89.9 Å². The lowest BCUT2D eigenvalue weighted by Crippen LogP contribution is -2.34. The van der Waals surface area contributed by atoms with Crippen molar-refractivity contribution in [3.8, 4) is 0 Å². The van der Waals surface area contributed by atoms with Crippen LogP contribution in [-0.2, 0) is 32.7 Å². The fourth-order valence-corrected chi connectivity index (χ4v) is 5.68. The molecular weight excluding hydrogens is 609 g/mol. The van der Waals surface area contributed by atoms with Gasteiger partial charge < -0.3 is 25.2 Å². The van der Waals surface area contributed by atoms with E-state index in [2.05, 4.69) is 30.5 Å². The fourth-order valence-electron chi connectivity index (χ4n) is 4.90. The molecule has 0 aliphatic carbocycles. The van der Waals surface area contributed by atoms with Gasteiger partial charge in [0.1, 0.15) is 12.1 Å². The fraction of sp³-hybridized carbons (Fsp3) is 0.886. The average Bonchev–Trinajstić information content (AvgIpc) is 3.03. The first-order valence-corrected chi connectivity index (χ1v) is 19.7. The van der Waals surface area contributed by atoms with Crippen LogP contribution in [0.25, 0.3) is 0 Å². The van der Waals surface area contributed by atoms with E-state index in [4.69, 9.17) is 24.8 Å². The molecule has 0 aromatic carbocycles.